The van der Waals surface area contributed by atoms with Crippen molar-refractivity contribution >= 4 is 46.8 Å². The molecule has 0 fully saturated rings. The molecule has 0 aliphatic carbocycles. The Morgan fingerprint density at radius 3 is 2.35 bits per heavy atom. The number of alkyl halides is 3. The van der Waals surface area contributed by atoms with E-state index in [4.69, 9.17) is 16.3 Å². The fourth-order valence-electron chi connectivity index (χ4n) is 3.84. The molecule has 0 radical (unpaired) electrons. The van der Waals surface area contributed by atoms with Crippen LogP contribution in [0.4, 0.5) is 18.9 Å². The number of ether oxygens (including phenoxy) is 1. The summed E-state index contributed by atoms with van der Waals surface area (Å²) in [6, 6.07) is 17.3. The first-order chi connectivity index (χ1) is 17.6. The standard InChI is InChI=1S/C27H17ClF3NO5/c28-20-12-11-16(14-19(20)27(29,30)31)32-25(35)23(34)22(21(33)13-10-15-6-2-1-3-7-15)24-17-8-4-5-9-18(17)26(36)37-24/h1-14,22,24H,(H,32,35)/b13-10+. The second kappa shape index (κ2) is 10.4. The number of hydrogen-bond acceptors (Lipinski definition) is 5. The number of amides is 1. The third kappa shape index (κ3) is 5.62. The van der Waals surface area contributed by atoms with Crippen molar-refractivity contribution < 1.29 is 37.1 Å². The number of halogens is 4. The number of allylic oxidation sites excluding steroid dienone is 1. The van der Waals surface area contributed by atoms with Gasteiger partial charge in [-0.3, -0.25) is 14.4 Å². The van der Waals surface area contributed by atoms with Crippen LogP contribution in [-0.2, 0) is 25.3 Å². The molecule has 188 valence electrons. The van der Waals surface area contributed by atoms with Crippen LogP contribution in [0.1, 0.15) is 33.2 Å². The van der Waals surface area contributed by atoms with E-state index in [1.165, 1.54) is 18.2 Å². The number of ketones is 2. The molecule has 0 bridgehead atoms. The maximum absolute atomic E-state index is 13.2. The molecule has 0 spiro atoms. The Bertz CT molecular complexity index is 1420. The number of Topliss-reactive ketones (excluding diaryl/α,β-unsaturated/α-hetero) is 1. The molecule has 3 aromatic carbocycles. The summed E-state index contributed by atoms with van der Waals surface area (Å²) in [6.45, 7) is 0. The SMILES string of the molecule is O=C(Nc1ccc(Cl)c(C(F)(F)F)c1)C(=O)C(C(=O)/C=C/c1ccccc1)C1OC(=O)c2ccccc21. The number of cyclic esters (lactones) is 1. The first kappa shape index (κ1) is 25.8. The van der Waals surface area contributed by atoms with E-state index in [1.807, 2.05) is 0 Å². The van der Waals surface area contributed by atoms with Crippen molar-refractivity contribution in [3.63, 3.8) is 0 Å². The number of fused-ring (bicyclic) bond motifs is 1. The van der Waals surface area contributed by atoms with Gasteiger partial charge in [0.25, 0.3) is 5.91 Å². The minimum atomic E-state index is -4.80. The van der Waals surface area contributed by atoms with Crippen molar-refractivity contribution in [2.75, 3.05) is 5.32 Å². The third-order valence-electron chi connectivity index (χ3n) is 5.61. The van der Waals surface area contributed by atoms with Crippen molar-refractivity contribution in [2.45, 2.75) is 12.3 Å². The Balaban J connectivity index is 1.66. The molecule has 10 heteroatoms. The molecule has 1 amide bonds. The van der Waals surface area contributed by atoms with E-state index in [2.05, 4.69) is 5.32 Å². The highest BCUT2D eigenvalue weighted by molar-refractivity contribution is 6.45. The zero-order valence-electron chi connectivity index (χ0n) is 18.8. The highest BCUT2D eigenvalue weighted by atomic mass is 35.5. The van der Waals surface area contributed by atoms with Crippen LogP contribution in [0.15, 0.2) is 78.9 Å². The molecule has 2 atom stereocenters. The summed E-state index contributed by atoms with van der Waals surface area (Å²) in [5.41, 5.74) is -0.554. The van der Waals surface area contributed by atoms with Gasteiger partial charge < -0.3 is 10.1 Å². The van der Waals surface area contributed by atoms with E-state index in [0.29, 0.717) is 11.6 Å². The summed E-state index contributed by atoms with van der Waals surface area (Å²) < 4.78 is 44.9. The topological polar surface area (TPSA) is 89.5 Å². The molecule has 1 aliphatic heterocycles. The fraction of sp³-hybridized carbons (Fsp3) is 0.111. The molecular weight excluding hydrogens is 511 g/mol. The number of benzene rings is 3. The molecule has 4 rings (SSSR count). The molecule has 0 saturated carbocycles. The lowest BCUT2D eigenvalue weighted by Crippen LogP contribution is -2.37. The molecule has 1 aliphatic rings. The van der Waals surface area contributed by atoms with Gasteiger partial charge in [-0.25, -0.2) is 4.79 Å². The minimum absolute atomic E-state index is 0.137. The number of carbonyl (C=O) groups excluding carboxylic acids is 4. The van der Waals surface area contributed by atoms with Gasteiger partial charge in [0, 0.05) is 11.3 Å². The van der Waals surface area contributed by atoms with Crippen LogP contribution >= 0.6 is 11.6 Å². The summed E-state index contributed by atoms with van der Waals surface area (Å²) in [6.07, 6.45) is -3.68. The molecular formula is C27H17ClF3NO5. The van der Waals surface area contributed by atoms with E-state index in [9.17, 15) is 32.3 Å². The Hall–Kier alpha value is -4.24. The number of anilines is 1. The van der Waals surface area contributed by atoms with E-state index in [-0.39, 0.29) is 16.8 Å². The lowest BCUT2D eigenvalue weighted by atomic mass is 9.87. The second-order valence-corrected chi connectivity index (χ2v) is 8.46. The van der Waals surface area contributed by atoms with Crippen LogP contribution < -0.4 is 5.32 Å². The van der Waals surface area contributed by atoms with Crippen molar-refractivity contribution in [2.24, 2.45) is 5.92 Å². The van der Waals surface area contributed by atoms with Crippen LogP contribution in [0.5, 0.6) is 0 Å². The zero-order valence-corrected chi connectivity index (χ0v) is 19.5. The maximum Gasteiger partial charge on any atom is 0.417 e. The smallest absolute Gasteiger partial charge is 0.417 e. The summed E-state index contributed by atoms with van der Waals surface area (Å²) in [4.78, 5) is 51.6. The summed E-state index contributed by atoms with van der Waals surface area (Å²) >= 11 is 5.60. The van der Waals surface area contributed by atoms with Crippen molar-refractivity contribution in [1.29, 1.82) is 0 Å². The summed E-state index contributed by atoms with van der Waals surface area (Å²) in [5.74, 6) is -6.03. The number of rotatable bonds is 7. The number of nitrogens with one attached hydrogen (secondary N) is 1. The molecule has 37 heavy (non-hydrogen) atoms. The average molecular weight is 528 g/mol. The van der Waals surface area contributed by atoms with Crippen LogP contribution in [0.3, 0.4) is 0 Å². The van der Waals surface area contributed by atoms with Crippen LogP contribution in [0, 0.1) is 5.92 Å². The minimum Gasteiger partial charge on any atom is -0.453 e. The average Bonchev–Trinajstić information content (AvgIpc) is 3.20. The van der Waals surface area contributed by atoms with Crippen LogP contribution in [-0.4, -0.2) is 23.4 Å². The van der Waals surface area contributed by atoms with Crippen LogP contribution in [0.25, 0.3) is 6.08 Å². The van der Waals surface area contributed by atoms with Gasteiger partial charge in [-0.1, -0.05) is 66.2 Å². The van der Waals surface area contributed by atoms with Gasteiger partial charge in [-0.05, 0) is 35.9 Å². The van der Waals surface area contributed by atoms with Gasteiger partial charge in [-0.2, -0.15) is 13.2 Å². The summed E-state index contributed by atoms with van der Waals surface area (Å²) in [5, 5.41) is 1.49. The maximum atomic E-state index is 13.2. The molecule has 2 unspecified atom stereocenters. The highest BCUT2D eigenvalue weighted by Crippen LogP contribution is 2.38. The molecule has 6 nitrogen and oxygen atoms in total. The monoisotopic (exact) mass is 527 g/mol. The molecule has 3 aromatic rings. The Kier molecular flexibility index (Phi) is 7.26. The molecule has 0 aromatic heterocycles. The number of hydrogen-bond donors (Lipinski definition) is 1. The van der Waals surface area contributed by atoms with Gasteiger partial charge >= 0.3 is 12.1 Å². The Morgan fingerprint density at radius 2 is 1.65 bits per heavy atom. The van der Waals surface area contributed by atoms with E-state index in [1.54, 1.807) is 42.5 Å². The Morgan fingerprint density at radius 1 is 0.973 bits per heavy atom. The molecule has 1 N–H and O–H groups in total. The first-order valence-electron chi connectivity index (χ1n) is 10.8. The third-order valence-corrected chi connectivity index (χ3v) is 5.94. The predicted octanol–water partition coefficient (Wildman–Crippen LogP) is 5.68. The van der Waals surface area contributed by atoms with Gasteiger partial charge in [-0.15, -0.1) is 0 Å². The van der Waals surface area contributed by atoms with Crippen molar-refractivity contribution in [3.8, 4) is 0 Å². The van der Waals surface area contributed by atoms with Gasteiger partial charge in [0.2, 0.25) is 5.78 Å². The van der Waals surface area contributed by atoms with Crippen molar-refractivity contribution in [1.82, 2.24) is 0 Å². The second-order valence-electron chi connectivity index (χ2n) is 8.05. The normalized spacial score (nSPS) is 15.7. The van der Waals surface area contributed by atoms with E-state index >= 15 is 0 Å². The quantitative estimate of drug-likeness (QED) is 0.185. The highest BCUT2D eigenvalue weighted by Gasteiger charge is 2.45. The van der Waals surface area contributed by atoms with Gasteiger partial charge in [0.05, 0.1) is 16.1 Å². The largest absolute Gasteiger partial charge is 0.453 e. The lowest BCUT2D eigenvalue weighted by molar-refractivity contribution is -0.143. The fourth-order valence-corrected chi connectivity index (χ4v) is 4.06. The van der Waals surface area contributed by atoms with Gasteiger partial charge in [0.15, 0.2) is 5.78 Å². The van der Waals surface area contributed by atoms with Gasteiger partial charge in [0.1, 0.15) is 12.0 Å². The van der Waals surface area contributed by atoms with Crippen molar-refractivity contribution in [3.05, 3.63) is 106 Å². The molecule has 1 heterocycles. The Labute approximate surface area is 213 Å². The predicted molar refractivity (Wildman–Crippen MR) is 129 cm³/mol. The summed E-state index contributed by atoms with van der Waals surface area (Å²) in [7, 11) is 0. The number of esters is 1. The lowest BCUT2D eigenvalue weighted by Gasteiger charge is -2.20. The number of carbonyl (C=O) groups is 4. The molecule has 0 saturated heterocycles. The zero-order chi connectivity index (χ0) is 26.7. The van der Waals surface area contributed by atoms with E-state index in [0.717, 1.165) is 18.2 Å². The first-order valence-corrected chi connectivity index (χ1v) is 11.2. The van der Waals surface area contributed by atoms with Crippen LogP contribution in [0.2, 0.25) is 5.02 Å². The van der Waals surface area contributed by atoms with E-state index < -0.39 is 52.2 Å².